The van der Waals surface area contributed by atoms with Crippen molar-refractivity contribution in [3.63, 3.8) is 0 Å². The zero-order chi connectivity index (χ0) is 13.8. The standard InChI is InChI=1S/C14H16FN3O/c15-12-6-9(8-16)4-5-13(12)18-14(19)10-2-1-3-11(17)7-10/h4-6,10-11H,1-3,7,17H2,(H,18,19). The van der Waals surface area contributed by atoms with Crippen molar-refractivity contribution < 1.29 is 9.18 Å². The van der Waals surface area contributed by atoms with Gasteiger partial charge in [0.2, 0.25) is 5.91 Å². The second-order valence-corrected chi connectivity index (χ2v) is 4.92. The van der Waals surface area contributed by atoms with E-state index in [9.17, 15) is 9.18 Å². The molecule has 0 aliphatic heterocycles. The molecule has 1 saturated carbocycles. The number of rotatable bonds is 2. The van der Waals surface area contributed by atoms with Crippen LogP contribution in [0, 0.1) is 23.1 Å². The highest BCUT2D eigenvalue weighted by atomic mass is 19.1. The summed E-state index contributed by atoms with van der Waals surface area (Å²) in [6.07, 6.45) is 3.30. The predicted molar refractivity (Wildman–Crippen MR) is 69.7 cm³/mol. The molecule has 0 saturated heterocycles. The quantitative estimate of drug-likeness (QED) is 0.856. The van der Waals surface area contributed by atoms with Crippen molar-refractivity contribution in [2.75, 3.05) is 5.32 Å². The molecule has 0 radical (unpaired) electrons. The van der Waals surface area contributed by atoms with Gasteiger partial charge in [-0.15, -0.1) is 0 Å². The molecule has 5 heteroatoms. The molecule has 0 aromatic heterocycles. The summed E-state index contributed by atoms with van der Waals surface area (Å²) in [5, 5.41) is 11.2. The van der Waals surface area contributed by atoms with Crippen molar-refractivity contribution >= 4 is 11.6 Å². The Morgan fingerprint density at radius 1 is 1.47 bits per heavy atom. The van der Waals surface area contributed by atoms with Crippen LogP contribution in [0.5, 0.6) is 0 Å². The van der Waals surface area contributed by atoms with Gasteiger partial charge in [-0.05, 0) is 37.5 Å². The second kappa shape index (κ2) is 5.81. The molecule has 0 bridgehead atoms. The summed E-state index contributed by atoms with van der Waals surface area (Å²) in [6.45, 7) is 0. The summed E-state index contributed by atoms with van der Waals surface area (Å²) in [5.41, 5.74) is 6.18. The SMILES string of the molecule is N#Cc1ccc(NC(=O)C2CCCC(N)C2)c(F)c1. The lowest BCUT2D eigenvalue weighted by molar-refractivity contribution is -0.120. The zero-order valence-corrected chi connectivity index (χ0v) is 10.5. The van der Waals surface area contributed by atoms with Gasteiger partial charge in [0.05, 0.1) is 17.3 Å². The van der Waals surface area contributed by atoms with Crippen LogP contribution < -0.4 is 11.1 Å². The summed E-state index contributed by atoms with van der Waals surface area (Å²) in [4.78, 5) is 12.0. The maximum absolute atomic E-state index is 13.7. The normalized spacial score (nSPS) is 22.6. The van der Waals surface area contributed by atoms with Gasteiger partial charge in [0.15, 0.2) is 0 Å². The van der Waals surface area contributed by atoms with E-state index in [-0.39, 0.29) is 29.1 Å². The van der Waals surface area contributed by atoms with E-state index in [1.165, 1.54) is 12.1 Å². The zero-order valence-electron chi connectivity index (χ0n) is 10.5. The first-order chi connectivity index (χ1) is 9.10. The van der Waals surface area contributed by atoms with E-state index in [2.05, 4.69) is 5.32 Å². The lowest BCUT2D eigenvalue weighted by Crippen LogP contribution is -2.34. The van der Waals surface area contributed by atoms with Crippen LogP contribution in [0.3, 0.4) is 0 Å². The highest BCUT2D eigenvalue weighted by molar-refractivity contribution is 5.92. The molecule has 4 nitrogen and oxygen atoms in total. The number of carbonyl (C=O) groups excluding carboxylic acids is 1. The molecular formula is C14H16FN3O. The van der Waals surface area contributed by atoms with Gasteiger partial charge in [0.25, 0.3) is 0 Å². The number of hydrogen-bond acceptors (Lipinski definition) is 3. The molecule has 1 aliphatic carbocycles. The van der Waals surface area contributed by atoms with Gasteiger partial charge in [0.1, 0.15) is 5.82 Å². The summed E-state index contributed by atoms with van der Waals surface area (Å²) >= 11 is 0. The Bertz CT molecular complexity index is 524. The molecule has 2 unspecified atom stereocenters. The molecule has 1 fully saturated rings. The van der Waals surface area contributed by atoms with E-state index in [4.69, 9.17) is 11.0 Å². The van der Waals surface area contributed by atoms with E-state index < -0.39 is 5.82 Å². The Balaban J connectivity index is 2.04. The summed E-state index contributed by atoms with van der Waals surface area (Å²) in [6, 6.07) is 5.90. The molecule has 0 heterocycles. The van der Waals surface area contributed by atoms with Crippen LogP contribution in [0.25, 0.3) is 0 Å². The van der Waals surface area contributed by atoms with Crippen molar-refractivity contribution in [3.05, 3.63) is 29.6 Å². The summed E-state index contributed by atoms with van der Waals surface area (Å²) in [5.74, 6) is -0.940. The molecule has 2 atom stereocenters. The third kappa shape index (κ3) is 3.30. The van der Waals surface area contributed by atoms with Gasteiger partial charge in [-0.3, -0.25) is 4.79 Å². The third-order valence-electron chi connectivity index (χ3n) is 3.44. The molecule has 1 aromatic rings. The number of carbonyl (C=O) groups is 1. The number of nitrogens with two attached hydrogens (primary N) is 1. The topological polar surface area (TPSA) is 78.9 Å². The number of halogens is 1. The summed E-state index contributed by atoms with van der Waals surface area (Å²) in [7, 11) is 0. The minimum Gasteiger partial charge on any atom is -0.328 e. The Labute approximate surface area is 111 Å². The number of nitrogens with one attached hydrogen (secondary N) is 1. The van der Waals surface area contributed by atoms with Crippen molar-refractivity contribution in [3.8, 4) is 6.07 Å². The number of hydrogen-bond donors (Lipinski definition) is 2. The maximum Gasteiger partial charge on any atom is 0.227 e. The Hall–Kier alpha value is -1.93. The Kier molecular flexibility index (Phi) is 4.13. The van der Waals surface area contributed by atoms with Gasteiger partial charge in [0, 0.05) is 12.0 Å². The Morgan fingerprint density at radius 2 is 2.26 bits per heavy atom. The maximum atomic E-state index is 13.7. The van der Waals surface area contributed by atoms with Gasteiger partial charge < -0.3 is 11.1 Å². The first-order valence-electron chi connectivity index (χ1n) is 6.36. The van der Waals surface area contributed by atoms with E-state index in [0.717, 1.165) is 25.3 Å². The lowest BCUT2D eigenvalue weighted by atomic mass is 9.85. The highest BCUT2D eigenvalue weighted by Gasteiger charge is 2.25. The molecule has 0 spiro atoms. The van der Waals surface area contributed by atoms with Gasteiger partial charge in [-0.25, -0.2) is 4.39 Å². The number of amides is 1. The number of nitriles is 1. The van der Waals surface area contributed by atoms with Crippen molar-refractivity contribution in [2.45, 2.75) is 31.7 Å². The fourth-order valence-electron chi connectivity index (χ4n) is 2.39. The van der Waals surface area contributed by atoms with Gasteiger partial charge in [-0.2, -0.15) is 5.26 Å². The smallest absolute Gasteiger partial charge is 0.227 e. The molecule has 1 amide bonds. The fraction of sp³-hybridized carbons (Fsp3) is 0.429. The van der Waals surface area contributed by atoms with Crippen LogP contribution in [0.1, 0.15) is 31.2 Å². The number of anilines is 1. The first kappa shape index (κ1) is 13.5. The second-order valence-electron chi connectivity index (χ2n) is 4.92. The van der Waals surface area contributed by atoms with Crippen LogP contribution in [-0.4, -0.2) is 11.9 Å². The number of benzene rings is 1. The average Bonchev–Trinajstić information content (AvgIpc) is 2.41. The van der Waals surface area contributed by atoms with Gasteiger partial charge in [-0.1, -0.05) is 6.42 Å². The predicted octanol–water partition coefficient (Wildman–Crippen LogP) is 2.15. The minimum absolute atomic E-state index is 0.0512. The van der Waals surface area contributed by atoms with Crippen LogP contribution in [-0.2, 0) is 4.79 Å². The fourth-order valence-corrected chi connectivity index (χ4v) is 2.39. The highest BCUT2D eigenvalue weighted by Crippen LogP contribution is 2.25. The van der Waals surface area contributed by atoms with E-state index in [1.807, 2.05) is 6.07 Å². The van der Waals surface area contributed by atoms with E-state index in [1.54, 1.807) is 0 Å². The largest absolute Gasteiger partial charge is 0.328 e. The van der Waals surface area contributed by atoms with Crippen molar-refractivity contribution in [1.29, 1.82) is 5.26 Å². The van der Waals surface area contributed by atoms with Gasteiger partial charge >= 0.3 is 0 Å². The molecular weight excluding hydrogens is 245 g/mol. The van der Waals surface area contributed by atoms with Crippen molar-refractivity contribution in [1.82, 2.24) is 0 Å². The molecule has 2 rings (SSSR count). The average molecular weight is 261 g/mol. The van der Waals surface area contributed by atoms with Crippen LogP contribution in [0.2, 0.25) is 0 Å². The van der Waals surface area contributed by atoms with E-state index in [0.29, 0.717) is 6.42 Å². The lowest BCUT2D eigenvalue weighted by Gasteiger charge is -2.25. The first-order valence-corrected chi connectivity index (χ1v) is 6.36. The Morgan fingerprint density at radius 3 is 2.89 bits per heavy atom. The van der Waals surface area contributed by atoms with Crippen LogP contribution in [0.4, 0.5) is 10.1 Å². The number of nitrogens with zero attached hydrogens (tertiary/aromatic N) is 1. The molecule has 19 heavy (non-hydrogen) atoms. The molecule has 1 aliphatic rings. The molecule has 1 aromatic carbocycles. The van der Waals surface area contributed by atoms with Crippen LogP contribution in [0.15, 0.2) is 18.2 Å². The summed E-state index contributed by atoms with van der Waals surface area (Å²) < 4.78 is 13.7. The van der Waals surface area contributed by atoms with Crippen molar-refractivity contribution in [2.24, 2.45) is 11.7 Å². The minimum atomic E-state index is -0.590. The third-order valence-corrected chi connectivity index (χ3v) is 3.44. The van der Waals surface area contributed by atoms with Crippen LogP contribution >= 0.6 is 0 Å². The molecule has 100 valence electrons. The molecule has 3 N–H and O–H groups in total. The van der Waals surface area contributed by atoms with E-state index >= 15 is 0 Å². The monoisotopic (exact) mass is 261 g/mol.